The fraction of sp³-hybridized carbons (Fsp3) is 0.571. The van der Waals surface area contributed by atoms with E-state index < -0.39 is 0 Å². The van der Waals surface area contributed by atoms with E-state index in [-0.39, 0.29) is 18.2 Å². The molecule has 0 aromatic heterocycles. The fourth-order valence-electron chi connectivity index (χ4n) is 6.18. The summed E-state index contributed by atoms with van der Waals surface area (Å²) in [7, 11) is 2.15. The summed E-state index contributed by atoms with van der Waals surface area (Å²) in [5.74, 6) is 0.509. The molecule has 0 bridgehead atoms. The summed E-state index contributed by atoms with van der Waals surface area (Å²) in [5, 5.41) is 13.6. The van der Waals surface area contributed by atoms with Gasteiger partial charge in [0.1, 0.15) is 0 Å². The lowest BCUT2D eigenvalue weighted by molar-refractivity contribution is 0.131. The van der Waals surface area contributed by atoms with Crippen LogP contribution in [0.5, 0.6) is 0 Å². The molecule has 1 aliphatic carbocycles. The van der Waals surface area contributed by atoms with E-state index in [1.807, 2.05) is 0 Å². The Morgan fingerprint density at radius 1 is 1.19 bits per heavy atom. The number of fused-ring (bicyclic) bond motifs is 3. The van der Waals surface area contributed by atoms with Gasteiger partial charge in [-0.15, -0.1) is 0 Å². The largest absolute Gasteiger partial charge is 0.395 e. The van der Waals surface area contributed by atoms with Crippen LogP contribution in [0.3, 0.4) is 0 Å². The number of benzene rings is 2. The molecule has 5 rings (SSSR count). The Morgan fingerprint density at radius 2 is 2.03 bits per heavy atom. The highest BCUT2D eigenvalue weighted by atomic mass is 16.3. The van der Waals surface area contributed by atoms with Gasteiger partial charge in [0.05, 0.1) is 6.61 Å². The van der Waals surface area contributed by atoms with Gasteiger partial charge < -0.3 is 10.4 Å². The third kappa shape index (κ3) is 3.75. The number of nitrogens with one attached hydrogen (secondary N) is 1. The number of aryl methyl sites for hydroxylation is 1. The van der Waals surface area contributed by atoms with Crippen LogP contribution in [0.15, 0.2) is 30.3 Å². The molecular weight excluding hydrogens is 380 g/mol. The lowest BCUT2D eigenvalue weighted by Gasteiger charge is -2.47. The van der Waals surface area contributed by atoms with Gasteiger partial charge in [0.2, 0.25) is 0 Å². The van der Waals surface area contributed by atoms with Crippen LogP contribution in [-0.2, 0) is 37.8 Å². The first-order valence-electron chi connectivity index (χ1n) is 12.4. The van der Waals surface area contributed by atoms with Crippen molar-refractivity contribution in [2.24, 2.45) is 0 Å². The predicted molar refractivity (Wildman–Crippen MR) is 128 cm³/mol. The Kier molecular flexibility index (Phi) is 5.70. The first-order chi connectivity index (χ1) is 15.0. The summed E-state index contributed by atoms with van der Waals surface area (Å²) >= 11 is 0. The van der Waals surface area contributed by atoms with E-state index in [1.54, 1.807) is 11.1 Å². The lowest BCUT2D eigenvalue weighted by atomic mass is 9.68. The van der Waals surface area contributed by atoms with E-state index >= 15 is 0 Å². The standard InChI is InChI=1S/C28H38N2O/c1-4-20-13-23(26-17-30(3)25(18-31)16-24(26)14-20)12-19(2)21-6-7-27-22(15-21)8-11-29-28(27)9-5-10-28/h6-7,13-15,19,25,29,31H,4-5,8-12,16-18H2,1-3H3. The van der Waals surface area contributed by atoms with Crippen LogP contribution in [-0.4, -0.2) is 36.2 Å². The molecule has 1 saturated carbocycles. The zero-order valence-electron chi connectivity index (χ0n) is 19.5. The first-order valence-corrected chi connectivity index (χ1v) is 12.4. The van der Waals surface area contributed by atoms with E-state index in [4.69, 9.17) is 0 Å². The molecule has 2 aromatic rings. The summed E-state index contributed by atoms with van der Waals surface area (Å²) < 4.78 is 0. The van der Waals surface area contributed by atoms with Crippen molar-refractivity contribution in [2.45, 2.75) is 82.8 Å². The fourth-order valence-corrected chi connectivity index (χ4v) is 6.18. The highest BCUT2D eigenvalue weighted by molar-refractivity contribution is 5.45. The average molecular weight is 419 g/mol. The molecule has 0 amide bonds. The second kappa shape index (κ2) is 8.35. The molecule has 3 heteroatoms. The molecule has 0 saturated heterocycles. The van der Waals surface area contributed by atoms with Crippen molar-refractivity contribution in [1.82, 2.24) is 10.2 Å². The number of likely N-dealkylation sites (N-methyl/N-ethyl adjacent to an activating group) is 1. The Labute approximate surface area is 187 Å². The number of aliphatic hydroxyl groups is 1. The van der Waals surface area contributed by atoms with Crippen LogP contribution >= 0.6 is 0 Å². The van der Waals surface area contributed by atoms with E-state index in [2.05, 4.69) is 61.4 Å². The molecule has 2 unspecified atom stereocenters. The van der Waals surface area contributed by atoms with Gasteiger partial charge in [-0.3, -0.25) is 4.90 Å². The van der Waals surface area contributed by atoms with Crippen LogP contribution in [0.4, 0.5) is 0 Å². The zero-order valence-corrected chi connectivity index (χ0v) is 19.5. The Bertz CT molecular complexity index is 962. The van der Waals surface area contributed by atoms with E-state index in [0.717, 1.165) is 38.8 Å². The molecular formula is C28H38N2O. The number of nitrogens with zero attached hydrogens (tertiary/aromatic N) is 1. The summed E-state index contributed by atoms with van der Waals surface area (Å²) in [4.78, 5) is 2.33. The molecule has 2 aliphatic heterocycles. The molecule has 3 nitrogen and oxygen atoms in total. The number of hydrogen-bond acceptors (Lipinski definition) is 3. The molecule has 2 atom stereocenters. The average Bonchev–Trinajstić information content (AvgIpc) is 2.76. The topological polar surface area (TPSA) is 35.5 Å². The van der Waals surface area contributed by atoms with Crippen LogP contribution < -0.4 is 5.32 Å². The minimum Gasteiger partial charge on any atom is -0.395 e. The maximum Gasteiger partial charge on any atom is 0.0590 e. The molecule has 1 fully saturated rings. The molecule has 0 radical (unpaired) electrons. The minimum atomic E-state index is 0.240. The van der Waals surface area contributed by atoms with Crippen molar-refractivity contribution in [3.05, 3.63) is 69.3 Å². The van der Waals surface area contributed by atoms with Gasteiger partial charge in [0.25, 0.3) is 0 Å². The van der Waals surface area contributed by atoms with Crippen molar-refractivity contribution < 1.29 is 5.11 Å². The van der Waals surface area contributed by atoms with Crippen LogP contribution in [0.25, 0.3) is 0 Å². The van der Waals surface area contributed by atoms with E-state index in [9.17, 15) is 5.11 Å². The zero-order chi connectivity index (χ0) is 21.6. The monoisotopic (exact) mass is 418 g/mol. The van der Waals surface area contributed by atoms with Gasteiger partial charge in [-0.2, -0.15) is 0 Å². The smallest absolute Gasteiger partial charge is 0.0590 e. The quantitative estimate of drug-likeness (QED) is 0.752. The number of hydrogen-bond donors (Lipinski definition) is 2. The molecule has 1 spiro atoms. The van der Waals surface area contributed by atoms with Crippen LogP contribution in [0.1, 0.15) is 78.0 Å². The minimum absolute atomic E-state index is 0.240. The van der Waals surface area contributed by atoms with E-state index in [0.29, 0.717) is 5.92 Å². The SMILES string of the molecule is CCc1cc(CC(C)c2ccc3c(c2)CCNC32CCC2)c2c(c1)CC(CO)N(C)C2. The molecule has 166 valence electrons. The van der Waals surface area contributed by atoms with E-state index in [1.165, 1.54) is 47.1 Å². The summed E-state index contributed by atoms with van der Waals surface area (Å²) in [6, 6.07) is 12.4. The summed E-state index contributed by atoms with van der Waals surface area (Å²) in [6.45, 7) is 6.96. The highest BCUT2D eigenvalue weighted by Crippen LogP contribution is 2.45. The van der Waals surface area contributed by atoms with Crippen LogP contribution in [0.2, 0.25) is 0 Å². The van der Waals surface area contributed by atoms with Gasteiger partial charge in [-0.05, 0) is 96.9 Å². The van der Waals surface area contributed by atoms with Crippen molar-refractivity contribution in [3.8, 4) is 0 Å². The molecule has 2 aromatic carbocycles. The molecule has 2 N–H and O–H groups in total. The van der Waals surface area contributed by atoms with Gasteiger partial charge in [0, 0.05) is 24.7 Å². The van der Waals surface area contributed by atoms with Crippen molar-refractivity contribution >= 4 is 0 Å². The Balaban J connectivity index is 1.43. The summed E-state index contributed by atoms with van der Waals surface area (Å²) in [6.07, 6.45) is 8.24. The van der Waals surface area contributed by atoms with Gasteiger partial charge >= 0.3 is 0 Å². The maximum atomic E-state index is 9.79. The third-order valence-electron chi connectivity index (χ3n) is 8.40. The Hall–Kier alpha value is -1.68. The number of aliphatic hydroxyl groups excluding tert-OH is 1. The van der Waals surface area contributed by atoms with Crippen molar-refractivity contribution in [2.75, 3.05) is 20.2 Å². The summed E-state index contributed by atoms with van der Waals surface area (Å²) in [5.41, 5.74) is 10.8. The van der Waals surface area contributed by atoms with Crippen molar-refractivity contribution in [3.63, 3.8) is 0 Å². The lowest BCUT2D eigenvalue weighted by Crippen LogP contribution is -2.52. The van der Waals surface area contributed by atoms with Gasteiger partial charge in [-0.1, -0.05) is 44.2 Å². The molecule has 31 heavy (non-hydrogen) atoms. The molecule has 2 heterocycles. The van der Waals surface area contributed by atoms with Crippen LogP contribution in [0, 0.1) is 0 Å². The predicted octanol–water partition coefficient (Wildman–Crippen LogP) is 4.47. The van der Waals surface area contributed by atoms with Crippen molar-refractivity contribution in [1.29, 1.82) is 0 Å². The second-order valence-corrected chi connectivity index (χ2v) is 10.3. The Morgan fingerprint density at radius 3 is 2.74 bits per heavy atom. The molecule has 3 aliphatic rings. The normalized spacial score (nSPS) is 23.2. The van der Waals surface area contributed by atoms with Gasteiger partial charge in [-0.25, -0.2) is 0 Å². The third-order valence-corrected chi connectivity index (χ3v) is 8.40. The second-order valence-electron chi connectivity index (χ2n) is 10.3. The maximum absolute atomic E-state index is 9.79. The van der Waals surface area contributed by atoms with Gasteiger partial charge in [0.15, 0.2) is 0 Å². The number of rotatable bonds is 5. The first kappa shape index (κ1) is 21.2. The highest BCUT2D eigenvalue weighted by Gasteiger charge is 2.41.